The number of aryl methyl sites for hydroxylation is 2. The van der Waals surface area contributed by atoms with Crippen molar-refractivity contribution < 1.29 is 13.2 Å². The lowest BCUT2D eigenvalue weighted by atomic mass is 10.1. The highest BCUT2D eigenvalue weighted by molar-refractivity contribution is 7.92. The van der Waals surface area contributed by atoms with E-state index in [2.05, 4.69) is 24.0 Å². The molecular formula is C25H29N3O3S. The Balaban J connectivity index is 1.89. The molecule has 0 aliphatic rings. The fourth-order valence-corrected chi connectivity index (χ4v) is 4.40. The number of hydrogen-bond donors (Lipinski definition) is 0. The van der Waals surface area contributed by atoms with Crippen LogP contribution in [-0.4, -0.2) is 37.0 Å². The molecule has 0 aliphatic heterocycles. The lowest BCUT2D eigenvalue weighted by Crippen LogP contribution is -2.42. The van der Waals surface area contributed by atoms with Gasteiger partial charge in [0.2, 0.25) is 15.9 Å². The first-order valence-electron chi connectivity index (χ1n) is 10.6. The highest BCUT2D eigenvalue weighted by Gasteiger charge is 2.25. The second-order valence-electron chi connectivity index (χ2n) is 7.84. The molecule has 6 nitrogen and oxygen atoms in total. The van der Waals surface area contributed by atoms with Gasteiger partial charge in [-0.05, 0) is 47.7 Å². The van der Waals surface area contributed by atoms with Crippen LogP contribution in [0, 0.1) is 6.92 Å². The van der Waals surface area contributed by atoms with Gasteiger partial charge in [-0.15, -0.1) is 0 Å². The van der Waals surface area contributed by atoms with Crippen molar-refractivity contribution >= 4 is 21.6 Å². The number of aromatic nitrogens is 1. The minimum atomic E-state index is -3.65. The highest BCUT2D eigenvalue weighted by Crippen LogP contribution is 2.22. The number of benzene rings is 2. The molecule has 3 rings (SSSR count). The summed E-state index contributed by atoms with van der Waals surface area (Å²) in [6, 6.07) is 19.0. The average Bonchev–Trinajstić information content (AvgIpc) is 2.78. The summed E-state index contributed by atoms with van der Waals surface area (Å²) in [5, 5.41) is 0. The van der Waals surface area contributed by atoms with Crippen LogP contribution in [0.5, 0.6) is 0 Å². The Labute approximate surface area is 190 Å². The van der Waals surface area contributed by atoms with Crippen LogP contribution >= 0.6 is 0 Å². The Morgan fingerprint density at radius 2 is 1.56 bits per heavy atom. The lowest BCUT2D eigenvalue weighted by molar-refractivity contribution is -0.130. The first kappa shape index (κ1) is 23.5. The summed E-state index contributed by atoms with van der Waals surface area (Å²) >= 11 is 0. The minimum Gasteiger partial charge on any atom is -0.332 e. The van der Waals surface area contributed by atoms with E-state index in [0.29, 0.717) is 18.8 Å². The zero-order valence-corrected chi connectivity index (χ0v) is 19.5. The van der Waals surface area contributed by atoms with E-state index >= 15 is 0 Å². The number of anilines is 1. The molecule has 2 aromatic carbocycles. The topological polar surface area (TPSA) is 70.6 Å². The van der Waals surface area contributed by atoms with E-state index in [1.807, 2.05) is 43.3 Å². The Morgan fingerprint density at radius 3 is 2.16 bits per heavy atom. The van der Waals surface area contributed by atoms with Gasteiger partial charge < -0.3 is 4.90 Å². The molecule has 0 fully saturated rings. The number of para-hydroxylation sites is 1. The van der Waals surface area contributed by atoms with Gasteiger partial charge in [0.15, 0.2) is 0 Å². The number of amides is 1. The van der Waals surface area contributed by atoms with Crippen LogP contribution in [0.1, 0.15) is 29.2 Å². The summed E-state index contributed by atoms with van der Waals surface area (Å²) in [5.41, 5.74) is 4.40. The van der Waals surface area contributed by atoms with Gasteiger partial charge in [-0.3, -0.25) is 14.1 Å². The first-order chi connectivity index (χ1) is 15.3. The third-order valence-electron chi connectivity index (χ3n) is 5.32. The van der Waals surface area contributed by atoms with Gasteiger partial charge in [-0.2, -0.15) is 0 Å². The lowest BCUT2D eigenvalue weighted by Gasteiger charge is -2.28. The Kier molecular flexibility index (Phi) is 7.64. The van der Waals surface area contributed by atoms with Crippen LogP contribution in [0.15, 0.2) is 73.1 Å². The number of carbonyl (C=O) groups is 1. The third-order valence-corrected chi connectivity index (χ3v) is 6.44. The van der Waals surface area contributed by atoms with E-state index in [-0.39, 0.29) is 12.5 Å². The molecule has 0 unspecified atom stereocenters. The van der Waals surface area contributed by atoms with E-state index in [4.69, 9.17) is 0 Å². The van der Waals surface area contributed by atoms with Gasteiger partial charge in [0, 0.05) is 25.5 Å². The molecule has 0 saturated carbocycles. The maximum atomic E-state index is 13.4. The predicted octanol–water partition coefficient (Wildman–Crippen LogP) is 3.95. The summed E-state index contributed by atoms with van der Waals surface area (Å²) in [6.45, 7) is 4.38. The Morgan fingerprint density at radius 1 is 0.906 bits per heavy atom. The van der Waals surface area contributed by atoms with Crippen LogP contribution in [0.25, 0.3) is 0 Å². The van der Waals surface area contributed by atoms with E-state index in [1.54, 1.807) is 29.4 Å². The van der Waals surface area contributed by atoms with Crippen molar-refractivity contribution in [2.75, 3.05) is 17.1 Å². The van der Waals surface area contributed by atoms with Crippen LogP contribution in [0.2, 0.25) is 0 Å². The molecule has 3 aromatic rings. The largest absolute Gasteiger partial charge is 0.332 e. The predicted molar refractivity (Wildman–Crippen MR) is 128 cm³/mol. The molecule has 32 heavy (non-hydrogen) atoms. The molecule has 0 radical (unpaired) electrons. The molecular weight excluding hydrogens is 422 g/mol. The van der Waals surface area contributed by atoms with E-state index in [0.717, 1.165) is 29.4 Å². The molecule has 0 saturated heterocycles. The summed E-state index contributed by atoms with van der Waals surface area (Å²) in [5.74, 6) is -0.276. The standard InChI is InChI=1S/C25H29N3O3S/c1-4-21-11-13-22(14-12-21)17-27(18-23-9-7-15-26-16-23)25(29)19-28(32(3,30)31)24-10-6-5-8-20(24)2/h5-16H,4,17-19H2,1-3H3. The van der Waals surface area contributed by atoms with Gasteiger partial charge in [0.1, 0.15) is 6.54 Å². The molecule has 0 aliphatic carbocycles. The monoisotopic (exact) mass is 451 g/mol. The maximum Gasteiger partial charge on any atom is 0.243 e. The SMILES string of the molecule is CCc1ccc(CN(Cc2cccnc2)C(=O)CN(c2ccccc2C)S(C)(=O)=O)cc1. The summed E-state index contributed by atoms with van der Waals surface area (Å²) in [7, 11) is -3.65. The van der Waals surface area contributed by atoms with Gasteiger partial charge in [0.25, 0.3) is 0 Å². The second kappa shape index (κ2) is 10.4. The zero-order chi connectivity index (χ0) is 23.1. The smallest absolute Gasteiger partial charge is 0.243 e. The third kappa shape index (κ3) is 6.17. The summed E-state index contributed by atoms with van der Waals surface area (Å²) in [6.07, 6.45) is 5.47. The van der Waals surface area contributed by atoms with Crippen molar-refractivity contribution in [2.45, 2.75) is 33.4 Å². The molecule has 168 valence electrons. The molecule has 1 aromatic heterocycles. The van der Waals surface area contributed by atoms with Crippen molar-refractivity contribution in [3.05, 3.63) is 95.3 Å². The number of pyridine rings is 1. The van der Waals surface area contributed by atoms with Crippen LogP contribution in [0.4, 0.5) is 5.69 Å². The fraction of sp³-hybridized carbons (Fsp3) is 0.280. The minimum absolute atomic E-state index is 0.267. The summed E-state index contributed by atoms with van der Waals surface area (Å²) in [4.78, 5) is 19.2. The van der Waals surface area contributed by atoms with Gasteiger partial charge in [-0.25, -0.2) is 8.42 Å². The Bertz CT molecular complexity index is 1150. The molecule has 0 N–H and O–H groups in total. The molecule has 0 atom stereocenters. The fourth-order valence-electron chi connectivity index (χ4n) is 3.49. The van der Waals surface area contributed by atoms with Crippen molar-refractivity contribution in [2.24, 2.45) is 0 Å². The Hall–Kier alpha value is -3.19. The van der Waals surface area contributed by atoms with Gasteiger partial charge >= 0.3 is 0 Å². The second-order valence-corrected chi connectivity index (χ2v) is 9.74. The van der Waals surface area contributed by atoms with E-state index in [1.165, 1.54) is 9.87 Å². The van der Waals surface area contributed by atoms with Crippen molar-refractivity contribution in [1.29, 1.82) is 0 Å². The number of hydrogen-bond acceptors (Lipinski definition) is 4. The molecule has 0 bridgehead atoms. The van der Waals surface area contributed by atoms with Crippen LogP contribution in [0.3, 0.4) is 0 Å². The molecule has 0 spiro atoms. The van der Waals surface area contributed by atoms with Gasteiger partial charge in [0.05, 0.1) is 11.9 Å². The van der Waals surface area contributed by atoms with Crippen molar-refractivity contribution in [3.8, 4) is 0 Å². The van der Waals surface area contributed by atoms with Crippen molar-refractivity contribution in [1.82, 2.24) is 9.88 Å². The normalized spacial score (nSPS) is 11.2. The molecule has 1 heterocycles. The first-order valence-corrected chi connectivity index (χ1v) is 12.4. The number of carbonyl (C=O) groups excluding carboxylic acids is 1. The average molecular weight is 452 g/mol. The molecule has 1 amide bonds. The van der Waals surface area contributed by atoms with E-state index in [9.17, 15) is 13.2 Å². The maximum absolute atomic E-state index is 13.4. The quantitative estimate of drug-likeness (QED) is 0.494. The zero-order valence-electron chi connectivity index (χ0n) is 18.7. The van der Waals surface area contributed by atoms with Gasteiger partial charge in [-0.1, -0.05) is 55.5 Å². The van der Waals surface area contributed by atoms with Crippen molar-refractivity contribution in [3.63, 3.8) is 0 Å². The summed E-state index contributed by atoms with van der Waals surface area (Å²) < 4.78 is 26.3. The van der Waals surface area contributed by atoms with Crippen LogP contribution < -0.4 is 4.31 Å². The number of nitrogens with zero attached hydrogens (tertiary/aromatic N) is 3. The number of sulfonamides is 1. The van der Waals surface area contributed by atoms with E-state index < -0.39 is 10.0 Å². The van der Waals surface area contributed by atoms with Crippen LogP contribution in [-0.2, 0) is 34.3 Å². The molecule has 7 heteroatoms. The highest BCUT2D eigenvalue weighted by atomic mass is 32.2. The number of rotatable bonds is 9.